The lowest BCUT2D eigenvalue weighted by atomic mass is 9.81. The molecule has 0 aliphatic carbocycles. The summed E-state index contributed by atoms with van der Waals surface area (Å²) >= 11 is 0. The second-order valence-electron chi connectivity index (χ2n) is 8.26. The van der Waals surface area contributed by atoms with E-state index in [-0.39, 0.29) is 42.0 Å². The Kier molecular flexibility index (Phi) is 7.77. The Labute approximate surface area is 210 Å². The summed E-state index contributed by atoms with van der Waals surface area (Å²) in [4.78, 5) is 13.7. The van der Waals surface area contributed by atoms with Gasteiger partial charge in [0, 0.05) is 5.56 Å². The maximum atomic E-state index is 13.5. The number of alkyl halides is 9. The molecule has 0 fully saturated rings. The van der Waals surface area contributed by atoms with Crippen molar-refractivity contribution in [1.29, 1.82) is 5.26 Å². The van der Waals surface area contributed by atoms with Crippen molar-refractivity contribution < 1.29 is 49.0 Å². The van der Waals surface area contributed by atoms with Gasteiger partial charge in [0.15, 0.2) is 0 Å². The predicted octanol–water partition coefficient (Wildman–Crippen LogP) is 8.19. The van der Waals surface area contributed by atoms with Crippen LogP contribution in [0.1, 0.15) is 54.0 Å². The monoisotopic (exact) mass is 550 g/mol. The molecule has 1 heterocycles. The number of nitrogens with zero attached hydrogens (tertiary/aromatic N) is 2. The minimum Gasteiger partial charge on any atom is -0.449 e. The second kappa shape index (κ2) is 10.2. The van der Waals surface area contributed by atoms with E-state index in [1.165, 1.54) is 13.0 Å². The van der Waals surface area contributed by atoms with Gasteiger partial charge in [-0.1, -0.05) is 19.1 Å². The average Bonchev–Trinajstić information content (AvgIpc) is 2.82. The van der Waals surface area contributed by atoms with Crippen molar-refractivity contribution in [2.24, 2.45) is 0 Å². The highest BCUT2D eigenvalue weighted by atomic mass is 19.4. The summed E-state index contributed by atoms with van der Waals surface area (Å²) in [7, 11) is 0. The standard InChI is InChI=1S/C25H19F9N2O2/c1-3-15-11-16(17-10-14(23(26,27)28)6-8-21(17)36(15)22(37)38-4-2)18(12-35)13-5-7-19(24(29,30)31)20(9-13)25(32,33)34/h5-11,15,18H,3-4H2,1-2H3. The maximum Gasteiger partial charge on any atom is 0.417 e. The van der Waals surface area contributed by atoms with Crippen molar-refractivity contribution in [1.82, 2.24) is 0 Å². The fourth-order valence-corrected chi connectivity index (χ4v) is 4.23. The smallest absolute Gasteiger partial charge is 0.417 e. The molecule has 1 aliphatic heterocycles. The molecule has 0 spiro atoms. The van der Waals surface area contributed by atoms with E-state index in [4.69, 9.17) is 4.74 Å². The molecule has 2 unspecified atom stereocenters. The first-order valence-electron chi connectivity index (χ1n) is 11.1. The van der Waals surface area contributed by atoms with Crippen LogP contribution in [0, 0.1) is 11.3 Å². The van der Waals surface area contributed by atoms with Crippen LogP contribution >= 0.6 is 0 Å². The number of benzene rings is 2. The lowest BCUT2D eigenvalue weighted by Gasteiger charge is -2.36. The van der Waals surface area contributed by atoms with Crippen molar-refractivity contribution in [2.45, 2.75) is 50.8 Å². The van der Waals surface area contributed by atoms with Crippen LogP contribution in [0.4, 0.5) is 50.0 Å². The van der Waals surface area contributed by atoms with E-state index in [0.29, 0.717) is 18.2 Å². The van der Waals surface area contributed by atoms with Gasteiger partial charge in [0.2, 0.25) is 0 Å². The van der Waals surface area contributed by atoms with Crippen molar-refractivity contribution in [3.05, 3.63) is 70.3 Å². The second-order valence-corrected chi connectivity index (χ2v) is 8.26. The van der Waals surface area contributed by atoms with E-state index in [0.717, 1.165) is 11.0 Å². The van der Waals surface area contributed by atoms with Gasteiger partial charge in [-0.25, -0.2) is 4.79 Å². The third-order valence-corrected chi connectivity index (χ3v) is 5.91. The van der Waals surface area contributed by atoms with Gasteiger partial charge >= 0.3 is 24.6 Å². The number of allylic oxidation sites excluding steroid dienone is 1. The summed E-state index contributed by atoms with van der Waals surface area (Å²) in [5.41, 5.74) is -6.26. The van der Waals surface area contributed by atoms with Crippen LogP contribution in [0.3, 0.4) is 0 Å². The van der Waals surface area contributed by atoms with Gasteiger partial charge in [0.1, 0.15) is 0 Å². The van der Waals surface area contributed by atoms with Crippen LogP contribution in [0.5, 0.6) is 0 Å². The van der Waals surface area contributed by atoms with Crippen molar-refractivity contribution in [3.63, 3.8) is 0 Å². The Bertz CT molecular complexity index is 1290. The Balaban J connectivity index is 2.29. The number of carbonyl (C=O) groups excluding carboxylic acids is 1. The van der Waals surface area contributed by atoms with Crippen LogP contribution in [0.15, 0.2) is 42.5 Å². The van der Waals surface area contributed by atoms with Gasteiger partial charge in [0.25, 0.3) is 0 Å². The van der Waals surface area contributed by atoms with Crippen LogP contribution in [-0.2, 0) is 23.3 Å². The summed E-state index contributed by atoms with van der Waals surface area (Å²) in [5.74, 6) is -1.70. The highest BCUT2D eigenvalue weighted by Crippen LogP contribution is 2.47. The summed E-state index contributed by atoms with van der Waals surface area (Å²) in [6, 6.07) is 4.17. The minimum absolute atomic E-state index is 0.0646. The molecule has 0 radical (unpaired) electrons. The molecule has 38 heavy (non-hydrogen) atoms. The molecule has 4 nitrogen and oxygen atoms in total. The molecule has 1 aliphatic rings. The van der Waals surface area contributed by atoms with Crippen LogP contribution in [0.25, 0.3) is 5.57 Å². The van der Waals surface area contributed by atoms with Crippen LogP contribution in [0.2, 0.25) is 0 Å². The first-order valence-corrected chi connectivity index (χ1v) is 11.1. The molecule has 0 aromatic heterocycles. The predicted molar refractivity (Wildman–Crippen MR) is 118 cm³/mol. The zero-order valence-electron chi connectivity index (χ0n) is 19.7. The minimum atomic E-state index is -5.43. The lowest BCUT2D eigenvalue weighted by Crippen LogP contribution is -2.42. The van der Waals surface area contributed by atoms with E-state index in [1.807, 2.05) is 0 Å². The molecule has 13 heteroatoms. The summed E-state index contributed by atoms with van der Waals surface area (Å²) in [6.07, 6.45) is -15.1. The summed E-state index contributed by atoms with van der Waals surface area (Å²) in [6.45, 7) is 3.05. The van der Waals surface area contributed by atoms with E-state index in [2.05, 4.69) is 0 Å². The van der Waals surface area contributed by atoms with Crippen LogP contribution < -0.4 is 4.90 Å². The number of carbonyl (C=O) groups is 1. The highest BCUT2D eigenvalue weighted by Gasteiger charge is 2.44. The van der Waals surface area contributed by atoms with Gasteiger partial charge in [-0.15, -0.1) is 0 Å². The number of hydrogen-bond donors (Lipinski definition) is 0. The molecule has 204 valence electrons. The largest absolute Gasteiger partial charge is 0.449 e. The Morgan fingerprint density at radius 3 is 2.08 bits per heavy atom. The SMILES string of the molecule is CCOC(=O)N1c2ccc(C(F)(F)F)cc2C(C(C#N)c2ccc(C(F)(F)F)c(C(F)(F)F)c2)=CC1CC. The maximum absolute atomic E-state index is 13.5. The summed E-state index contributed by atoms with van der Waals surface area (Å²) in [5, 5.41) is 9.91. The van der Waals surface area contributed by atoms with E-state index < -0.39 is 58.8 Å². The number of rotatable bonds is 4. The quantitative estimate of drug-likeness (QED) is 0.361. The number of amides is 1. The first kappa shape index (κ1) is 28.9. The molecular formula is C25H19F9N2O2. The Hall–Kier alpha value is -3.69. The van der Waals surface area contributed by atoms with Gasteiger partial charge < -0.3 is 4.74 Å². The molecule has 0 N–H and O–H groups in total. The third kappa shape index (κ3) is 5.58. The number of ether oxygens (including phenoxy) is 1. The number of halogens is 9. The van der Waals surface area contributed by atoms with Crippen molar-refractivity contribution in [2.75, 3.05) is 11.5 Å². The van der Waals surface area contributed by atoms with Gasteiger partial charge in [-0.2, -0.15) is 44.8 Å². The van der Waals surface area contributed by atoms with E-state index in [9.17, 15) is 49.6 Å². The first-order chi connectivity index (χ1) is 17.5. The highest BCUT2D eigenvalue weighted by molar-refractivity contribution is 5.97. The normalized spacial score (nSPS) is 16.8. The molecule has 2 aromatic carbocycles. The number of nitriles is 1. The fourth-order valence-electron chi connectivity index (χ4n) is 4.23. The van der Waals surface area contributed by atoms with Crippen LogP contribution in [-0.4, -0.2) is 18.7 Å². The average molecular weight is 550 g/mol. The zero-order chi connectivity index (χ0) is 28.6. The number of anilines is 1. The Morgan fingerprint density at radius 2 is 1.58 bits per heavy atom. The van der Waals surface area contributed by atoms with E-state index in [1.54, 1.807) is 13.0 Å². The van der Waals surface area contributed by atoms with Crippen molar-refractivity contribution in [3.8, 4) is 6.07 Å². The molecule has 1 amide bonds. The van der Waals surface area contributed by atoms with E-state index >= 15 is 0 Å². The summed E-state index contributed by atoms with van der Waals surface area (Å²) < 4.78 is 126. The Morgan fingerprint density at radius 1 is 0.947 bits per heavy atom. The molecule has 2 aromatic rings. The zero-order valence-corrected chi connectivity index (χ0v) is 19.7. The van der Waals surface area contributed by atoms with Gasteiger partial charge in [-0.3, -0.25) is 4.90 Å². The third-order valence-electron chi connectivity index (χ3n) is 5.91. The lowest BCUT2D eigenvalue weighted by molar-refractivity contribution is -0.162. The topological polar surface area (TPSA) is 53.3 Å². The molecule has 3 rings (SSSR count). The molecule has 0 bridgehead atoms. The molecule has 0 saturated heterocycles. The molecular weight excluding hydrogens is 531 g/mol. The van der Waals surface area contributed by atoms with Crippen molar-refractivity contribution >= 4 is 17.4 Å². The molecule has 2 atom stereocenters. The molecule has 0 saturated carbocycles. The van der Waals surface area contributed by atoms with Gasteiger partial charge in [0.05, 0.1) is 47.0 Å². The van der Waals surface area contributed by atoms with Gasteiger partial charge in [-0.05, 0) is 54.8 Å². The number of hydrogen-bond acceptors (Lipinski definition) is 3. The number of fused-ring (bicyclic) bond motifs is 1. The fraction of sp³-hybridized carbons (Fsp3) is 0.360.